The molecule has 3 aromatic heterocycles. The minimum absolute atomic E-state index is 0.170. The Bertz CT molecular complexity index is 736. The van der Waals surface area contributed by atoms with E-state index in [4.69, 9.17) is 16.6 Å². The van der Waals surface area contributed by atoms with Gasteiger partial charge in [-0.15, -0.1) is 22.9 Å². The van der Waals surface area contributed by atoms with E-state index in [0.717, 1.165) is 40.4 Å². The summed E-state index contributed by atoms with van der Waals surface area (Å²) in [6.45, 7) is 4.20. The molecule has 0 N–H and O–H groups in total. The maximum atomic E-state index is 5.95. The van der Waals surface area contributed by atoms with E-state index in [9.17, 15) is 0 Å². The van der Waals surface area contributed by atoms with Crippen LogP contribution < -0.4 is 0 Å². The lowest BCUT2D eigenvalue weighted by atomic mass is 10.2. The van der Waals surface area contributed by atoms with Crippen LogP contribution in [-0.2, 0) is 6.42 Å². The molecule has 0 radical (unpaired) electrons. The Morgan fingerprint density at radius 3 is 2.90 bits per heavy atom. The van der Waals surface area contributed by atoms with Crippen molar-refractivity contribution in [1.29, 1.82) is 0 Å². The Kier molecular flexibility index (Phi) is 4.22. The van der Waals surface area contributed by atoms with Crippen LogP contribution >= 0.6 is 22.9 Å². The van der Waals surface area contributed by atoms with Crippen LogP contribution in [0.1, 0.15) is 35.8 Å². The molecule has 3 aromatic rings. The number of hydrogen-bond donors (Lipinski definition) is 0. The standard InChI is InChI=1S/C15H17ClN4S/c1-3-12(15-17-6-7-21-15)20-13(4-5-16)19-11-8-10(2)9-18-14(11)20/h6-9,12H,3-5H2,1-2H3. The molecule has 21 heavy (non-hydrogen) atoms. The fourth-order valence-electron chi connectivity index (χ4n) is 2.58. The van der Waals surface area contributed by atoms with Gasteiger partial charge in [-0.1, -0.05) is 6.92 Å². The topological polar surface area (TPSA) is 43.6 Å². The van der Waals surface area contributed by atoms with Crippen molar-refractivity contribution in [2.75, 3.05) is 5.88 Å². The highest BCUT2D eigenvalue weighted by Gasteiger charge is 2.21. The molecule has 0 aliphatic heterocycles. The van der Waals surface area contributed by atoms with E-state index in [-0.39, 0.29) is 6.04 Å². The third kappa shape index (κ3) is 2.68. The van der Waals surface area contributed by atoms with Gasteiger partial charge >= 0.3 is 0 Å². The lowest BCUT2D eigenvalue weighted by Gasteiger charge is -2.17. The molecule has 0 aliphatic carbocycles. The molecule has 4 nitrogen and oxygen atoms in total. The second kappa shape index (κ2) is 6.12. The number of thiazole rings is 1. The van der Waals surface area contributed by atoms with Crippen molar-refractivity contribution < 1.29 is 0 Å². The second-order valence-electron chi connectivity index (χ2n) is 4.99. The summed E-state index contributed by atoms with van der Waals surface area (Å²) in [5, 5.41) is 3.10. The summed E-state index contributed by atoms with van der Waals surface area (Å²) in [7, 11) is 0. The Morgan fingerprint density at radius 2 is 2.24 bits per heavy atom. The molecule has 6 heteroatoms. The zero-order chi connectivity index (χ0) is 14.8. The predicted octanol–water partition coefficient (Wildman–Crippen LogP) is 3.98. The number of halogens is 1. The minimum Gasteiger partial charge on any atom is -0.303 e. The van der Waals surface area contributed by atoms with E-state index < -0.39 is 0 Å². The molecule has 110 valence electrons. The molecular weight excluding hydrogens is 304 g/mol. The van der Waals surface area contributed by atoms with Crippen LogP contribution in [0.4, 0.5) is 0 Å². The first-order valence-corrected chi connectivity index (χ1v) is 8.44. The van der Waals surface area contributed by atoms with Gasteiger partial charge in [0.05, 0.1) is 6.04 Å². The number of rotatable bonds is 5. The lowest BCUT2D eigenvalue weighted by molar-refractivity contribution is 0.552. The summed E-state index contributed by atoms with van der Waals surface area (Å²) in [6.07, 6.45) is 5.42. The van der Waals surface area contributed by atoms with Crippen molar-refractivity contribution >= 4 is 34.1 Å². The predicted molar refractivity (Wildman–Crippen MR) is 87.2 cm³/mol. The van der Waals surface area contributed by atoms with Crippen LogP contribution in [0.3, 0.4) is 0 Å². The van der Waals surface area contributed by atoms with Crippen molar-refractivity contribution in [3.8, 4) is 0 Å². The Hall–Kier alpha value is -1.46. The summed E-state index contributed by atoms with van der Waals surface area (Å²) >= 11 is 7.62. The number of aryl methyl sites for hydroxylation is 2. The van der Waals surface area contributed by atoms with Crippen LogP contribution in [0.2, 0.25) is 0 Å². The fourth-order valence-corrected chi connectivity index (χ4v) is 3.57. The molecule has 0 saturated heterocycles. The molecule has 0 spiro atoms. The van der Waals surface area contributed by atoms with Crippen LogP contribution in [0.5, 0.6) is 0 Å². The lowest BCUT2D eigenvalue weighted by Crippen LogP contribution is -2.14. The van der Waals surface area contributed by atoms with Crippen LogP contribution in [-0.4, -0.2) is 25.4 Å². The van der Waals surface area contributed by atoms with E-state index in [1.807, 2.05) is 24.7 Å². The molecule has 0 saturated carbocycles. The van der Waals surface area contributed by atoms with Gasteiger partial charge in [0.25, 0.3) is 0 Å². The first kappa shape index (κ1) is 14.5. The summed E-state index contributed by atoms with van der Waals surface area (Å²) < 4.78 is 2.20. The van der Waals surface area contributed by atoms with Crippen molar-refractivity contribution in [3.05, 3.63) is 40.2 Å². The number of aromatic nitrogens is 4. The Balaban J connectivity index is 2.20. The molecule has 0 bridgehead atoms. The Labute approximate surface area is 132 Å². The van der Waals surface area contributed by atoms with Gasteiger partial charge < -0.3 is 4.57 Å². The van der Waals surface area contributed by atoms with Gasteiger partial charge in [-0.05, 0) is 25.0 Å². The van der Waals surface area contributed by atoms with Gasteiger partial charge in [0.1, 0.15) is 16.3 Å². The quantitative estimate of drug-likeness (QED) is 0.668. The summed E-state index contributed by atoms with van der Waals surface area (Å²) in [4.78, 5) is 13.8. The third-order valence-corrected chi connectivity index (χ3v) is 4.56. The molecule has 0 aromatic carbocycles. The average Bonchev–Trinajstić information content (AvgIpc) is 3.09. The molecule has 3 heterocycles. The molecular formula is C15H17ClN4S. The smallest absolute Gasteiger partial charge is 0.160 e. The number of pyridine rings is 1. The van der Waals surface area contributed by atoms with Gasteiger partial charge in [0, 0.05) is 30.1 Å². The SMILES string of the molecule is CCC(c1nccs1)n1c(CCCl)nc2cc(C)cnc21. The molecule has 3 rings (SSSR count). The number of imidazole rings is 1. The summed E-state index contributed by atoms with van der Waals surface area (Å²) in [5.41, 5.74) is 2.97. The van der Waals surface area contributed by atoms with Crippen LogP contribution in [0.15, 0.2) is 23.8 Å². The third-order valence-electron chi connectivity index (χ3n) is 3.49. The first-order valence-electron chi connectivity index (χ1n) is 7.03. The largest absolute Gasteiger partial charge is 0.303 e. The number of hydrogen-bond acceptors (Lipinski definition) is 4. The zero-order valence-corrected chi connectivity index (χ0v) is 13.7. The van der Waals surface area contributed by atoms with Gasteiger partial charge in [-0.2, -0.15) is 0 Å². The maximum absolute atomic E-state index is 5.95. The monoisotopic (exact) mass is 320 g/mol. The van der Waals surface area contributed by atoms with Crippen LogP contribution in [0.25, 0.3) is 11.2 Å². The highest BCUT2D eigenvalue weighted by molar-refractivity contribution is 7.09. The molecule has 1 atom stereocenters. The van der Waals surface area contributed by atoms with Gasteiger partial charge in [0.2, 0.25) is 0 Å². The summed E-state index contributed by atoms with van der Waals surface area (Å²) in [6, 6.07) is 2.24. The van der Waals surface area contributed by atoms with Gasteiger partial charge in [0.15, 0.2) is 5.65 Å². The molecule has 1 unspecified atom stereocenters. The average molecular weight is 321 g/mol. The van der Waals surface area contributed by atoms with Crippen molar-refractivity contribution in [2.24, 2.45) is 0 Å². The van der Waals surface area contributed by atoms with Gasteiger partial charge in [-0.3, -0.25) is 0 Å². The minimum atomic E-state index is 0.170. The Morgan fingerprint density at radius 1 is 1.38 bits per heavy atom. The fraction of sp³-hybridized carbons (Fsp3) is 0.400. The van der Waals surface area contributed by atoms with Gasteiger partial charge in [-0.25, -0.2) is 15.0 Å². The zero-order valence-electron chi connectivity index (χ0n) is 12.1. The van der Waals surface area contributed by atoms with E-state index in [1.54, 1.807) is 11.3 Å². The number of alkyl halides is 1. The van der Waals surface area contributed by atoms with E-state index in [1.165, 1.54) is 0 Å². The first-order chi connectivity index (χ1) is 10.2. The summed E-state index contributed by atoms with van der Waals surface area (Å²) in [5.74, 6) is 1.54. The number of fused-ring (bicyclic) bond motifs is 1. The van der Waals surface area contributed by atoms with Crippen LogP contribution in [0, 0.1) is 6.92 Å². The van der Waals surface area contributed by atoms with Crippen molar-refractivity contribution in [2.45, 2.75) is 32.7 Å². The molecule has 0 fully saturated rings. The van der Waals surface area contributed by atoms with Crippen molar-refractivity contribution in [1.82, 2.24) is 19.5 Å². The number of nitrogens with zero attached hydrogens (tertiary/aromatic N) is 4. The van der Waals surface area contributed by atoms with E-state index in [2.05, 4.69) is 27.5 Å². The second-order valence-corrected chi connectivity index (χ2v) is 6.29. The molecule has 0 aliphatic rings. The van der Waals surface area contributed by atoms with E-state index >= 15 is 0 Å². The van der Waals surface area contributed by atoms with Crippen molar-refractivity contribution in [3.63, 3.8) is 0 Å². The highest BCUT2D eigenvalue weighted by Crippen LogP contribution is 2.29. The maximum Gasteiger partial charge on any atom is 0.160 e. The highest BCUT2D eigenvalue weighted by atomic mass is 35.5. The normalized spacial score (nSPS) is 12.9. The molecule has 0 amide bonds. The van der Waals surface area contributed by atoms with E-state index in [0.29, 0.717) is 5.88 Å².